The molecule has 0 spiro atoms. The fraction of sp³-hybridized carbons (Fsp3) is 1.00. The molecule has 0 aromatic heterocycles. The van der Waals surface area contributed by atoms with Crippen LogP contribution in [0.5, 0.6) is 0 Å². The zero-order chi connectivity index (χ0) is 10.4. The van der Waals surface area contributed by atoms with Gasteiger partial charge in [-0.15, -0.1) is 0 Å². The van der Waals surface area contributed by atoms with E-state index in [1.807, 2.05) is 0 Å². The Labute approximate surface area is 91.5 Å². The van der Waals surface area contributed by atoms with Crippen LogP contribution in [0.2, 0.25) is 24.7 Å². The van der Waals surface area contributed by atoms with Gasteiger partial charge in [-0.05, 0) is 5.54 Å². The van der Waals surface area contributed by atoms with E-state index in [0.29, 0.717) is 0 Å². The first-order valence-electron chi connectivity index (χ1n) is 6.67. The standard InChI is InChI=1S/C13H28Si/c1-4-5-6-7-10-13-11-8-9-12-14(13,2)3/h13H,4-12H2,1-3H3. The second-order valence-electron chi connectivity index (χ2n) is 5.78. The van der Waals surface area contributed by atoms with Crippen molar-refractivity contribution in [1.29, 1.82) is 0 Å². The van der Waals surface area contributed by atoms with Crippen LogP contribution in [0.4, 0.5) is 0 Å². The maximum atomic E-state index is 2.62. The molecule has 84 valence electrons. The largest absolute Gasteiger partial charge is 0.0691 e. The number of unbranched alkanes of at least 4 members (excludes halogenated alkanes) is 3. The lowest BCUT2D eigenvalue weighted by Gasteiger charge is -2.37. The third kappa shape index (κ3) is 3.76. The molecule has 1 heteroatoms. The maximum absolute atomic E-state index is 2.62. The minimum absolute atomic E-state index is 0.780. The fourth-order valence-electron chi connectivity index (χ4n) is 2.92. The summed E-state index contributed by atoms with van der Waals surface area (Å²) >= 11 is 0. The van der Waals surface area contributed by atoms with E-state index in [1.165, 1.54) is 38.5 Å². The fourth-order valence-corrected chi connectivity index (χ4v) is 6.46. The van der Waals surface area contributed by atoms with Gasteiger partial charge in [0, 0.05) is 0 Å². The molecule has 0 aliphatic carbocycles. The van der Waals surface area contributed by atoms with Crippen LogP contribution in [-0.2, 0) is 0 Å². The highest BCUT2D eigenvalue weighted by Gasteiger charge is 2.33. The second kappa shape index (κ2) is 5.94. The van der Waals surface area contributed by atoms with Gasteiger partial charge in [0.2, 0.25) is 0 Å². The van der Waals surface area contributed by atoms with Crippen molar-refractivity contribution in [3.63, 3.8) is 0 Å². The first kappa shape index (κ1) is 12.3. The van der Waals surface area contributed by atoms with Crippen molar-refractivity contribution in [3.8, 4) is 0 Å². The van der Waals surface area contributed by atoms with Crippen molar-refractivity contribution in [3.05, 3.63) is 0 Å². The summed E-state index contributed by atoms with van der Waals surface area (Å²) in [5.41, 5.74) is 1.16. The quantitative estimate of drug-likeness (QED) is 0.433. The van der Waals surface area contributed by atoms with E-state index in [4.69, 9.17) is 0 Å². The molecular weight excluding hydrogens is 184 g/mol. The normalized spacial score (nSPS) is 26.4. The number of rotatable bonds is 5. The van der Waals surface area contributed by atoms with Gasteiger partial charge in [-0.3, -0.25) is 0 Å². The van der Waals surface area contributed by atoms with Crippen LogP contribution in [0.1, 0.15) is 58.3 Å². The highest BCUT2D eigenvalue weighted by molar-refractivity contribution is 6.78. The van der Waals surface area contributed by atoms with E-state index < -0.39 is 8.07 Å². The highest BCUT2D eigenvalue weighted by Crippen LogP contribution is 2.40. The van der Waals surface area contributed by atoms with Gasteiger partial charge in [0.25, 0.3) is 0 Å². The first-order valence-corrected chi connectivity index (χ1v) is 9.95. The van der Waals surface area contributed by atoms with E-state index in [2.05, 4.69) is 20.0 Å². The molecule has 0 saturated carbocycles. The van der Waals surface area contributed by atoms with Gasteiger partial charge in [-0.25, -0.2) is 0 Å². The van der Waals surface area contributed by atoms with Crippen LogP contribution in [0.3, 0.4) is 0 Å². The summed E-state index contributed by atoms with van der Waals surface area (Å²) in [6, 6.07) is 1.60. The average Bonchev–Trinajstić information content (AvgIpc) is 2.14. The summed E-state index contributed by atoms with van der Waals surface area (Å²) in [6.45, 7) is 7.55. The number of hydrogen-bond acceptors (Lipinski definition) is 0. The molecule has 0 aromatic carbocycles. The molecule has 1 unspecified atom stereocenters. The monoisotopic (exact) mass is 212 g/mol. The third-order valence-electron chi connectivity index (χ3n) is 4.14. The third-order valence-corrected chi connectivity index (χ3v) is 8.56. The van der Waals surface area contributed by atoms with Gasteiger partial charge in [0.15, 0.2) is 0 Å². The molecule has 0 aromatic rings. The van der Waals surface area contributed by atoms with Gasteiger partial charge in [-0.1, -0.05) is 77.4 Å². The molecular formula is C13H28Si. The van der Waals surface area contributed by atoms with Gasteiger partial charge in [0.1, 0.15) is 0 Å². The van der Waals surface area contributed by atoms with Crippen LogP contribution < -0.4 is 0 Å². The first-order chi connectivity index (χ1) is 6.67. The Morgan fingerprint density at radius 1 is 1.07 bits per heavy atom. The van der Waals surface area contributed by atoms with Crippen LogP contribution in [0.15, 0.2) is 0 Å². The Balaban J connectivity index is 2.20. The van der Waals surface area contributed by atoms with Crippen LogP contribution in [0.25, 0.3) is 0 Å². The topological polar surface area (TPSA) is 0 Å². The molecule has 14 heavy (non-hydrogen) atoms. The van der Waals surface area contributed by atoms with Crippen LogP contribution in [-0.4, -0.2) is 8.07 Å². The molecule has 1 rings (SSSR count). The summed E-state index contributed by atoms with van der Waals surface area (Å²) in [7, 11) is -0.780. The summed E-state index contributed by atoms with van der Waals surface area (Å²) in [6.07, 6.45) is 12.0. The van der Waals surface area contributed by atoms with Gasteiger partial charge < -0.3 is 0 Å². The van der Waals surface area contributed by atoms with Crippen molar-refractivity contribution in [2.24, 2.45) is 0 Å². The minimum atomic E-state index is -0.780. The van der Waals surface area contributed by atoms with Crippen LogP contribution >= 0.6 is 0 Å². The molecule has 0 N–H and O–H groups in total. The summed E-state index contributed by atoms with van der Waals surface area (Å²) < 4.78 is 0. The van der Waals surface area contributed by atoms with E-state index in [1.54, 1.807) is 18.9 Å². The molecule has 0 nitrogen and oxygen atoms in total. The molecule has 1 atom stereocenters. The number of hydrogen-bond donors (Lipinski definition) is 0. The Morgan fingerprint density at radius 2 is 1.86 bits per heavy atom. The van der Waals surface area contributed by atoms with Gasteiger partial charge >= 0.3 is 0 Å². The van der Waals surface area contributed by atoms with Gasteiger partial charge in [0.05, 0.1) is 8.07 Å². The average molecular weight is 212 g/mol. The summed E-state index contributed by atoms with van der Waals surface area (Å²) in [4.78, 5) is 0. The lowest BCUT2D eigenvalue weighted by molar-refractivity contribution is 0.536. The van der Waals surface area contributed by atoms with Gasteiger partial charge in [-0.2, -0.15) is 0 Å². The molecule has 1 fully saturated rings. The molecule has 0 radical (unpaired) electrons. The SMILES string of the molecule is CCCCCCC1CCCC[Si]1(C)C. The Hall–Kier alpha value is 0.217. The van der Waals surface area contributed by atoms with Crippen molar-refractivity contribution >= 4 is 8.07 Å². The molecule has 1 aliphatic rings. The molecule has 1 aliphatic heterocycles. The lowest BCUT2D eigenvalue weighted by atomic mass is 10.1. The second-order valence-corrected chi connectivity index (χ2v) is 11.1. The molecule has 1 saturated heterocycles. The lowest BCUT2D eigenvalue weighted by Crippen LogP contribution is -2.35. The van der Waals surface area contributed by atoms with Crippen molar-refractivity contribution in [1.82, 2.24) is 0 Å². The predicted octanol–water partition coefficient (Wildman–Crippen LogP) is 5.22. The minimum Gasteiger partial charge on any atom is -0.0691 e. The van der Waals surface area contributed by atoms with E-state index >= 15 is 0 Å². The van der Waals surface area contributed by atoms with Crippen molar-refractivity contribution in [2.75, 3.05) is 0 Å². The summed E-state index contributed by atoms with van der Waals surface area (Å²) in [5.74, 6) is 0. The molecule has 0 bridgehead atoms. The Morgan fingerprint density at radius 3 is 2.50 bits per heavy atom. The molecule has 1 heterocycles. The van der Waals surface area contributed by atoms with E-state index in [-0.39, 0.29) is 0 Å². The van der Waals surface area contributed by atoms with Crippen molar-refractivity contribution in [2.45, 2.75) is 83.0 Å². The maximum Gasteiger partial charge on any atom is 0.0504 e. The zero-order valence-corrected chi connectivity index (χ0v) is 11.4. The molecule has 0 amide bonds. The zero-order valence-electron chi connectivity index (χ0n) is 10.4. The smallest absolute Gasteiger partial charge is 0.0504 e. The van der Waals surface area contributed by atoms with Crippen molar-refractivity contribution < 1.29 is 0 Å². The highest BCUT2D eigenvalue weighted by atomic mass is 28.3. The van der Waals surface area contributed by atoms with E-state index in [0.717, 1.165) is 5.54 Å². The Bertz CT molecular complexity index is 151. The Kier molecular flexibility index (Phi) is 5.22. The predicted molar refractivity (Wildman–Crippen MR) is 68.6 cm³/mol. The summed E-state index contributed by atoms with van der Waals surface area (Å²) in [5, 5.41) is 0. The van der Waals surface area contributed by atoms with E-state index in [9.17, 15) is 0 Å². The van der Waals surface area contributed by atoms with Crippen LogP contribution in [0, 0.1) is 0 Å².